The molecule has 6 heteroatoms. The molecule has 1 aliphatic rings. The standard InChI is InChI=1S/C18H24N4O2/c1-18(2,24)16-5-3-12-22(16)17(23)20-15-8-6-14(7-9-15)13-21-11-4-10-19-21/h4,6-11,16,24H,3,5,12-13H2,1-2H3,(H,20,23). The maximum atomic E-state index is 12.5. The smallest absolute Gasteiger partial charge is 0.322 e. The third-order valence-corrected chi connectivity index (χ3v) is 4.44. The number of aromatic nitrogens is 2. The van der Waals surface area contributed by atoms with Gasteiger partial charge in [-0.05, 0) is 50.5 Å². The number of anilines is 1. The first kappa shape index (κ1) is 16.5. The van der Waals surface area contributed by atoms with Crippen LogP contribution >= 0.6 is 0 Å². The Balaban J connectivity index is 1.62. The van der Waals surface area contributed by atoms with E-state index in [1.54, 1.807) is 24.9 Å². The van der Waals surface area contributed by atoms with Gasteiger partial charge in [-0.2, -0.15) is 5.10 Å². The van der Waals surface area contributed by atoms with Gasteiger partial charge in [0.1, 0.15) is 0 Å². The van der Waals surface area contributed by atoms with Crippen molar-refractivity contribution in [3.63, 3.8) is 0 Å². The van der Waals surface area contributed by atoms with E-state index in [1.807, 2.05) is 41.2 Å². The second-order valence-electron chi connectivity index (χ2n) is 6.84. The number of urea groups is 1. The van der Waals surface area contributed by atoms with Gasteiger partial charge in [-0.25, -0.2) is 4.79 Å². The zero-order valence-electron chi connectivity index (χ0n) is 14.1. The summed E-state index contributed by atoms with van der Waals surface area (Å²) in [4.78, 5) is 14.2. The Kier molecular flexibility index (Phi) is 4.57. The van der Waals surface area contributed by atoms with E-state index in [9.17, 15) is 9.90 Å². The lowest BCUT2D eigenvalue weighted by molar-refractivity contribution is 0.0117. The lowest BCUT2D eigenvalue weighted by Crippen LogP contribution is -2.49. The lowest BCUT2D eigenvalue weighted by Gasteiger charge is -2.33. The fourth-order valence-electron chi connectivity index (χ4n) is 3.21. The molecule has 1 saturated heterocycles. The molecular formula is C18H24N4O2. The van der Waals surface area contributed by atoms with Gasteiger partial charge < -0.3 is 15.3 Å². The van der Waals surface area contributed by atoms with Gasteiger partial charge in [-0.15, -0.1) is 0 Å². The molecule has 1 aliphatic heterocycles. The van der Waals surface area contributed by atoms with Crippen LogP contribution < -0.4 is 5.32 Å². The van der Waals surface area contributed by atoms with E-state index in [0.29, 0.717) is 13.1 Å². The van der Waals surface area contributed by atoms with Crippen molar-refractivity contribution in [1.29, 1.82) is 0 Å². The third kappa shape index (κ3) is 3.76. The minimum atomic E-state index is -0.887. The molecule has 1 aromatic carbocycles. The second-order valence-corrected chi connectivity index (χ2v) is 6.84. The zero-order chi connectivity index (χ0) is 17.2. The highest BCUT2D eigenvalue weighted by molar-refractivity contribution is 5.89. The summed E-state index contributed by atoms with van der Waals surface area (Å²) >= 11 is 0. The van der Waals surface area contributed by atoms with Crippen LogP contribution in [0.4, 0.5) is 10.5 Å². The summed E-state index contributed by atoms with van der Waals surface area (Å²) in [6.07, 6.45) is 5.42. The molecule has 3 rings (SSSR count). The predicted octanol–water partition coefficient (Wildman–Crippen LogP) is 2.70. The Morgan fingerprint density at radius 3 is 2.75 bits per heavy atom. The van der Waals surface area contributed by atoms with Crippen LogP contribution in [0.15, 0.2) is 42.7 Å². The van der Waals surface area contributed by atoms with Crippen molar-refractivity contribution in [2.45, 2.75) is 44.9 Å². The number of hydrogen-bond donors (Lipinski definition) is 2. The number of nitrogens with one attached hydrogen (secondary N) is 1. The predicted molar refractivity (Wildman–Crippen MR) is 92.8 cm³/mol. The van der Waals surface area contributed by atoms with Crippen molar-refractivity contribution in [3.05, 3.63) is 48.3 Å². The number of likely N-dealkylation sites (tertiary alicyclic amines) is 1. The molecule has 1 atom stereocenters. The van der Waals surface area contributed by atoms with Crippen LogP contribution in [0.2, 0.25) is 0 Å². The van der Waals surface area contributed by atoms with Crippen LogP contribution in [-0.4, -0.2) is 44.0 Å². The van der Waals surface area contributed by atoms with Crippen LogP contribution in [0, 0.1) is 0 Å². The summed E-state index contributed by atoms with van der Waals surface area (Å²) in [5.74, 6) is 0. The van der Waals surface area contributed by atoms with Gasteiger partial charge in [0, 0.05) is 24.6 Å². The third-order valence-electron chi connectivity index (χ3n) is 4.44. The van der Waals surface area contributed by atoms with Gasteiger partial charge in [-0.3, -0.25) is 4.68 Å². The van der Waals surface area contributed by atoms with Gasteiger partial charge in [0.2, 0.25) is 0 Å². The van der Waals surface area contributed by atoms with E-state index in [2.05, 4.69) is 10.4 Å². The number of carbonyl (C=O) groups excluding carboxylic acids is 1. The van der Waals surface area contributed by atoms with Crippen molar-refractivity contribution >= 4 is 11.7 Å². The highest BCUT2D eigenvalue weighted by Crippen LogP contribution is 2.27. The Labute approximate surface area is 142 Å². The van der Waals surface area contributed by atoms with Gasteiger partial charge in [0.05, 0.1) is 18.2 Å². The van der Waals surface area contributed by atoms with Crippen LogP contribution in [0.3, 0.4) is 0 Å². The Morgan fingerprint density at radius 2 is 2.12 bits per heavy atom. The van der Waals surface area contributed by atoms with E-state index in [-0.39, 0.29) is 12.1 Å². The fraction of sp³-hybridized carbons (Fsp3) is 0.444. The minimum absolute atomic E-state index is 0.142. The summed E-state index contributed by atoms with van der Waals surface area (Å²) in [6, 6.07) is 9.35. The van der Waals surface area contributed by atoms with E-state index in [1.165, 1.54) is 0 Å². The average molecular weight is 328 g/mol. The minimum Gasteiger partial charge on any atom is -0.388 e. The van der Waals surface area contributed by atoms with Gasteiger partial charge in [-0.1, -0.05) is 12.1 Å². The second kappa shape index (κ2) is 6.65. The van der Waals surface area contributed by atoms with E-state index in [0.717, 1.165) is 24.1 Å². The number of amides is 2. The molecule has 2 N–H and O–H groups in total. The monoisotopic (exact) mass is 328 g/mol. The van der Waals surface area contributed by atoms with E-state index >= 15 is 0 Å². The molecule has 0 saturated carbocycles. The first-order chi connectivity index (χ1) is 11.4. The van der Waals surface area contributed by atoms with Crippen molar-refractivity contribution in [2.24, 2.45) is 0 Å². The van der Waals surface area contributed by atoms with E-state index < -0.39 is 5.60 Å². The molecule has 0 radical (unpaired) electrons. The molecule has 1 aromatic heterocycles. The van der Waals surface area contributed by atoms with Crippen LogP contribution in [0.1, 0.15) is 32.3 Å². The number of hydrogen-bond acceptors (Lipinski definition) is 3. The van der Waals surface area contributed by atoms with Gasteiger partial charge >= 0.3 is 6.03 Å². The largest absolute Gasteiger partial charge is 0.388 e. The molecule has 6 nitrogen and oxygen atoms in total. The number of rotatable bonds is 4. The van der Waals surface area contributed by atoms with Crippen LogP contribution in [-0.2, 0) is 6.54 Å². The first-order valence-electron chi connectivity index (χ1n) is 8.30. The highest BCUT2D eigenvalue weighted by atomic mass is 16.3. The summed E-state index contributed by atoms with van der Waals surface area (Å²) < 4.78 is 1.85. The van der Waals surface area contributed by atoms with E-state index in [4.69, 9.17) is 0 Å². The van der Waals surface area contributed by atoms with Gasteiger partial charge in [0.15, 0.2) is 0 Å². The Hall–Kier alpha value is -2.34. The molecule has 0 aliphatic carbocycles. The van der Waals surface area contributed by atoms with Gasteiger partial charge in [0.25, 0.3) is 0 Å². The summed E-state index contributed by atoms with van der Waals surface area (Å²) in [7, 11) is 0. The molecule has 24 heavy (non-hydrogen) atoms. The molecule has 0 bridgehead atoms. The SMILES string of the molecule is CC(C)(O)C1CCCN1C(=O)Nc1ccc(Cn2cccn2)cc1. The number of carbonyl (C=O) groups is 1. The summed E-state index contributed by atoms with van der Waals surface area (Å²) in [5.41, 5.74) is 0.986. The van der Waals surface area contributed by atoms with Crippen molar-refractivity contribution < 1.29 is 9.90 Å². The first-order valence-corrected chi connectivity index (χ1v) is 8.30. The molecule has 1 fully saturated rings. The fourth-order valence-corrected chi connectivity index (χ4v) is 3.21. The van der Waals surface area contributed by atoms with Crippen molar-refractivity contribution in [1.82, 2.24) is 14.7 Å². The summed E-state index contributed by atoms with van der Waals surface area (Å²) in [5, 5.41) is 17.3. The van der Waals surface area contributed by atoms with Crippen molar-refractivity contribution in [2.75, 3.05) is 11.9 Å². The van der Waals surface area contributed by atoms with Crippen LogP contribution in [0.25, 0.3) is 0 Å². The Bertz CT molecular complexity index is 674. The molecule has 0 spiro atoms. The number of nitrogens with zero attached hydrogens (tertiary/aromatic N) is 3. The molecule has 2 aromatic rings. The molecule has 128 valence electrons. The lowest BCUT2D eigenvalue weighted by atomic mass is 9.97. The molecule has 1 unspecified atom stereocenters. The number of aliphatic hydroxyl groups is 1. The quantitative estimate of drug-likeness (QED) is 0.906. The average Bonchev–Trinajstić information content (AvgIpc) is 3.19. The van der Waals surface area contributed by atoms with Crippen LogP contribution in [0.5, 0.6) is 0 Å². The zero-order valence-corrected chi connectivity index (χ0v) is 14.1. The van der Waals surface area contributed by atoms with Crippen molar-refractivity contribution in [3.8, 4) is 0 Å². The highest BCUT2D eigenvalue weighted by Gasteiger charge is 2.38. The summed E-state index contributed by atoms with van der Waals surface area (Å²) in [6.45, 7) is 4.90. The number of benzene rings is 1. The maximum Gasteiger partial charge on any atom is 0.322 e. The molecule has 2 heterocycles. The maximum absolute atomic E-state index is 12.5. The topological polar surface area (TPSA) is 70.4 Å². The Morgan fingerprint density at radius 1 is 1.38 bits per heavy atom. The molecule has 2 amide bonds. The molecular weight excluding hydrogens is 304 g/mol. The normalized spacial score (nSPS) is 18.0.